The fraction of sp³-hybridized carbons (Fsp3) is 0.286. The first kappa shape index (κ1) is 24.6. The Morgan fingerprint density at radius 3 is 2.50 bits per heavy atom. The first-order valence-electron chi connectivity index (χ1n) is 12.5. The number of halogens is 1. The van der Waals surface area contributed by atoms with Gasteiger partial charge in [-0.1, -0.05) is 0 Å². The Kier molecular flexibility index (Phi) is 5.59. The van der Waals surface area contributed by atoms with Crippen molar-refractivity contribution >= 4 is 15.8 Å². The molecule has 1 N–H and O–H groups in total. The first-order valence-corrected chi connectivity index (χ1v) is 14.4. The third-order valence-electron chi connectivity index (χ3n) is 7.25. The van der Waals surface area contributed by atoms with Gasteiger partial charge >= 0.3 is 5.69 Å². The summed E-state index contributed by atoms with van der Waals surface area (Å²) in [7, 11) is -2.52. The molecule has 0 fully saturated rings. The number of nitrogens with one attached hydrogen (secondary N) is 1. The van der Waals surface area contributed by atoms with E-state index in [1.54, 1.807) is 70.6 Å². The van der Waals surface area contributed by atoms with Gasteiger partial charge in [0.25, 0.3) is 0 Å². The standard InChI is InChI=1S/C28H29FN6O2S/c1-16-12-22(13-17(2)26(16)29)35-27(25-19(4)30-9-8-23(25)31-35)34-11-10-33(28(34)36)21-6-7-24-20(15-21)14-18(3)32-38(24,5)37/h6-7,10-15,19,30H,8-9H2,1-5H3/t19-,38?/m0/s1. The third kappa shape index (κ3) is 3.78. The molecule has 0 saturated heterocycles. The van der Waals surface area contributed by atoms with Crippen LogP contribution in [0.25, 0.3) is 23.3 Å². The molecule has 10 heteroatoms. The molecule has 2 aliphatic heterocycles. The minimum absolute atomic E-state index is 0.0151. The maximum atomic E-state index is 14.5. The number of nitrogens with zero attached hydrogens (tertiary/aromatic N) is 5. The third-order valence-corrected chi connectivity index (χ3v) is 9.08. The molecule has 4 aromatic rings. The molecule has 38 heavy (non-hydrogen) atoms. The minimum atomic E-state index is -2.52. The Morgan fingerprint density at radius 1 is 1.05 bits per heavy atom. The van der Waals surface area contributed by atoms with Gasteiger partial charge in [0.05, 0.1) is 31.7 Å². The molecule has 0 bridgehead atoms. The number of hydrogen-bond acceptors (Lipinski definition) is 5. The quantitative estimate of drug-likeness (QED) is 0.418. The van der Waals surface area contributed by atoms with E-state index in [0.29, 0.717) is 38.9 Å². The normalized spacial score (nSPS) is 20.5. The van der Waals surface area contributed by atoms with Crippen molar-refractivity contribution in [2.24, 2.45) is 4.36 Å². The van der Waals surface area contributed by atoms with E-state index in [1.807, 2.05) is 19.1 Å². The van der Waals surface area contributed by atoms with Gasteiger partial charge in [-0.3, -0.25) is 9.13 Å². The zero-order valence-electron chi connectivity index (χ0n) is 21.9. The van der Waals surface area contributed by atoms with Crippen LogP contribution in [0.5, 0.6) is 0 Å². The summed E-state index contributed by atoms with van der Waals surface area (Å²) in [5.74, 6) is 0.393. The van der Waals surface area contributed by atoms with Gasteiger partial charge in [-0.15, -0.1) is 0 Å². The molecule has 4 heterocycles. The van der Waals surface area contributed by atoms with Crippen LogP contribution in [0.15, 0.2) is 62.5 Å². The molecule has 2 atom stereocenters. The number of hydrogen-bond donors (Lipinski definition) is 1. The predicted octanol–water partition coefficient (Wildman–Crippen LogP) is 4.61. The highest BCUT2D eigenvalue weighted by Gasteiger charge is 2.29. The van der Waals surface area contributed by atoms with Crippen molar-refractivity contribution in [2.75, 3.05) is 12.8 Å². The van der Waals surface area contributed by atoms with Crippen LogP contribution in [0.1, 0.15) is 47.8 Å². The van der Waals surface area contributed by atoms with Crippen LogP contribution in [-0.4, -0.2) is 35.9 Å². The molecule has 0 amide bonds. The van der Waals surface area contributed by atoms with Gasteiger partial charge in [0, 0.05) is 48.9 Å². The van der Waals surface area contributed by atoms with Crippen molar-refractivity contribution in [3.05, 3.63) is 92.7 Å². The molecule has 0 spiro atoms. The number of imidazole rings is 1. The van der Waals surface area contributed by atoms with E-state index < -0.39 is 9.73 Å². The van der Waals surface area contributed by atoms with Gasteiger partial charge in [0.2, 0.25) is 0 Å². The molecule has 2 aromatic carbocycles. The highest BCUT2D eigenvalue weighted by Crippen LogP contribution is 2.32. The van der Waals surface area contributed by atoms with Gasteiger partial charge in [-0.05, 0) is 80.8 Å². The zero-order valence-corrected chi connectivity index (χ0v) is 22.8. The lowest BCUT2D eigenvalue weighted by Crippen LogP contribution is -2.30. The molecule has 196 valence electrons. The highest BCUT2D eigenvalue weighted by molar-refractivity contribution is 7.93. The summed E-state index contributed by atoms with van der Waals surface area (Å²) in [5, 5.41) is 8.37. The van der Waals surface area contributed by atoms with E-state index in [2.05, 4.69) is 16.6 Å². The van der Waals surface area contributed by atoms with E-state index in [9.17, 15) is 13.4 Å². The minimum Gasteiger partial charge on any atom is -0.310 e. The van der Waals surface area contributed by atoms with Crippen LogP contribution in [0, 0.1) is 19.7 Å². The van der Waals surface area contributed by atoms with Crippen LogP contribution < -0.4 is 11.0 Å². The van der Waals surface area contributed by atoms with E-state index in [-0.39, 0.29) is 17.5 Å². The van der Waals surface area contributed by atoms with Crippen LogP contribution >= 0.6 is 0 Å². The summed E-state index contributed by atoms with van der Waals surface area (Å²) in [5.41, 5.74) is 5.49. The first-order chi connectivity index (χ1) is 18.0. The molecule has 0 saturated carbocycles. The number of rotatable bonds is 3. The maximum absolute atomic E-state index is 14.5. The van der Waals surface area contributed by atoms with Crippen molar-refractivity contribution in [3.8, 4) is 17.2 Å². The van der Waals surface area contributed by atoms with Gasteiger partial charge in [0.15, 0.2) is 0 Å². The molecule has 0 radical (unpaired) electrons. The SMILES string of the molecule is CC1=Cc2cc(-n3ccn(-c4c5c(nn4-c4cc(C)c(F)c(C)c4)CCN[C@H]5C)c3=O)ccc2S(C)(=O)=N1. The monoisotopic (exact) mass is 532 g/mol. The molecular weight excluding hydrogens is 503 g/mol. The molecule has 2 aliphatic rings. The van der Waals surface area contributed by atoms with Crippen molar-refractivity contribution in [1.82, 2.24) is 24.2 Å². The van der Waals surface area contributed by atoms with Crippen molar-refractivity contribution < 1.29 is 8.60 Å². The number of aryl methyl sites for hydroxylation is 2. The van der Waals surface area contributed by atoms with E-state index >= 15 is 0 Å². The van der Waals surface area contributed by atoms with Crippen molar-refractivity contribution in [3.63, 3.8) is 0 Å². The van der Waals surface area contributed by atoms with Crippen LogP contribution in [0.2, 0.25) is 0 Å². The molecule has 0 aliphatic carbocycles. The van der Waals surface area contributed by atoms with E-state index in [1.165, 1.54) is 0 Å². The number of aromatic nitrogens is 4. The number of allylic oxidation sites excluding steroid dienone is 1. The fourth-order valence-electron chi connectivity index (χ4n) is 5.51. The molecular formula is C28H29FN6O2S. The van der Waals surface area contributed by atoms with E-state index in [0.717, 1.165) is 29.8 Å². The topological polar surface area (TPSA) is 86.2 Å². The lowest BCUT2D eigenvalue weighted by molar-refractivity contribution is 0.536. The zero-order chi connectivity index (χ0) is 26.9. The Labute approximate surface area is 220 Å². The summed E-state index contributed by atoms with van der Waals surface area (Å²) in [4.78, 5) is 14.6. The summed E-state index contributed by atoms with van der Waals surface area (Å²) >= 11 is 0. The lowest BCUT2D eigenvalue weighted by atomic mass is 10.0. The van der Waals surface area contributed by atoms with Gasteiger partial charge < -0.3 is 5.32 Å². The molecule has 2 aromatic heterocycles. The Bertz CT molecular complexity index is 1830. The summed E-state index contributed by atoms with van der Waals surface area (Å²) in [6, 6.07) is 8.95. The number of fused-ring (bicyclic) bond motifs is 2. The molecule has 1 unspecified atom stereocenters. The predicted molar refractivity (Wildman–Crippen MR) is 146 cm³/mol. The van der Waals surface area contributed by atoms with Crippen LogP contribution in [-0.2, 0) is 16.1 Å². The average molecular weight is 533 g/mol. The van der Waals surface area contributed by atoms with Crippen LogP contribution in [0.4, 0.5) is 4.39 Å². The summed E-state index contributed by atoms with van der Waals surface area (Å²) in [6.45, 7) is 8.13. The average Bonchev–Trinajstić information content (AvgIpc) is 3.42. The van der Waals surface area contributed by atoms with Gasteiger partial charge in [0.1, 0.15) is 11.6 Å². The lowest BCUT2D eigenvalue weighted by Gasteiger charge is -2.21. The molecule has 6 rings (SSSR count). The summed E-state index contributed by atoms with van der Waals surface area (Å²) in [6.07, 6.45) is 7.70. The molecule has 8 nitrogen and oxygen atoms in total. The maximum Gasteiger partial charge on any atom is 0.338 e. The van der Waals surface area contributed by atoms with Crippen molar-refractivity contribution in [2.45, 2.75) is 45.1 Å². The number of benzene rings is 2. The van der Waals surface area contributed by atoms with Crippen LogP contribution in [0.3, 0.4) is 0 Å². The second kappa shape index (κ2) is 8.64. The van der Waals surface area contributed by atoms with Crippen molar-refractivity contribution in [1.29, 1.82) is 0 Å². The van der Waals surface area contributed by atoms with E-state index in [4.69, 9.17) is 5.10 Å². The Balaban J connectivity index is 1.55. The Hall–Kier alpha value is -3.76. The second-order valence-corrected chi connectivity index (χ2v) is 12.4. The largest absolute Gasteiger partial charge is 0.338 e. The summed E-state index contributed by atoms with van der Waals surface area (Å²) < 4.78 is 36.7. The smallest absolute Gasteiger partial charge is 0.310 e. The highest BCUT2D eigenvalue weighted by atomic mass is 32.2. The van der Waals surface area contributed by atoms with Gasteiger partial charge in [-0.2, -0.15) is 5.10 Å². The fourth-order valence-corrected chi connectivity index (χ4v) is 7.09. The van der Waals surface area contributed by atoms with Gasteiger partial charge in [-0.25, -0.2) is 22.4 Å². The second-order valence-electron chi connectivity index (χ2n) is 10.1. The Morgan fingerprint density at radius 2 is 1.76 bits per heavy atom.